The van der Waals surface area contributed by atoms with Gasteiger partial charge in [-0.25, -0.2) is 9.78 Å². The average Bonchev–Trinajstić information content (AvgIpc) is 3.03. The number of aryl methyl sites for hydroxylation is 2. The molecule has 2 rings (SSSR count). The maximum absolute atomic E-state index is 12.4. The number of anilines is 1. The lowest BCUT2D eigenvalue weighted by atomic mass is 10.1. The van der Waals surface area contributed by atoms with Gasteiger partial charge in [-0.05, 0) is 44.5 Å². The Kier molecular flexibility index (Phi) is 6.16. The number of amides is 3. The number of urea groups is 1. The van der Waals surface area contributed by atoms with E-state index in [0.717, 1.165) is 17.9 Å². The highest BCUT2D eigenvalue weighted by Crippen LogP contribution is 2.17. The second kappa shape index (κ2) is 8.32. The molecular weight excluding hydrogens is 318 g/mol. The summed E-state index contributed by atoms with van der Waals surface area (Å²) in [5.74, 6) is 0.718. The van der Waals surface area contributed by atoms with Crippen LogP contribution in [0, 0.1) is 6.92 Å². The summed E-state index contributed by atoms with van der Waals surface area (Å²) in [7, 11) is 1.72. The summed E-state index contributed by atoms with van der Waals surface area (Å²) in [5, 5.41) is 5.64. The summed E-state index contributed by atoms with van der Waals surface area (Å²) in [5.41, 5.74) is 2.10. The molecule has 25 heavy (non-hydrogen) atoms. The van der Waals surface area contributed by atoms with Crippen LogP contribution in [0.2, 0.25) is 0 Å². The molecule has 1 heterocycles. The molecule has 0 spiro atoms. The Morgan fingerprint density at radius 1 is 1.28 bits per heavy atom. The Morgan fingerprint density at radius 3 is 2.68 bits per heavy atom. The Morgan fingerprint density at radius 2 is 2.04 bits per heavy atom. The molecule has 0 unspecified atom stereocenters. The van der Waals surface area contributed by atoms with Crippen LogP contribution >= 0.6 is 0 Å². The molecule has 2 aromatic rings. The van der Waals surface area contributed by atoms with Crippen molar-refractivity contribution in [2.75, 3.05) is 18.9 Å². The third kappa shape index (κ3) is 4.59. The van der Waals surface area contributed by atoms with E-state index in [1.54, 1.807) is 36.3 Å². The van der Waals surface area contributed by atoms with Gasteiger partial charge in [0.2, 0.25) is 0 Å². The number of nitrogens with zero attached hydrogens (tertiary/aromatic N) is 3. The van der Waals surface area contributed by atoms with Crippen molar-refractivity contribution in [3.05, 3.63) is 47.5 Å². The molecule has 1 aromatic carbocycles. The molecule has 134 valence electrons. The van der Waals surface area contributed by atoms with Crippen molar-refractivity contribution in [2.24, 2.45) is 0 Å². The molecule has 0 atom stereocenters. The van der Waals surface area contributed by atoms with Gasteiger partial charge >= 0.3 is 6.03 Å². The largest absolute Gasteiger partial charge is 0.352 e. The quantitative estimate of drug-likeness (QED) is 0.846. The number of carbonyl (C=O) groups excluding carboxylic acids is 2. The number of nitrogens with one attached hydrogen (secondary N) is 2. The Hall–Kier alpha value is -2.83. The zero-order valence-electron chi connectivity index (χ0n) is 15.2. The molecule has 1 aromatic heterocycles. The predicted octanol–water partition coefficient (Wildman–Crippen LogP) is 2.63. The number of hydrogen-bond donors (Lipinski definition) is 2. The number of hydrogen-bond acceptors (Lipinski definition) is 3. The van der Waals surface area contributed by atoms with Gasteiger partial charge in [-0.15, -0.1) is 0 Å². The van der Waals surface area contributed by atoms with Crippen molar-refractivity contribution in [3.63, 3.8) is 0 Å². The second-order valence-corrected chi connectivity index (χ2v) is 5.80. The SMILES string of the molecule is CCNC(=O)c1ccc(NC(=O)N(C)Cc2nccn2CC)c(C)c1. The summed E-state index contributed by atoms with van der Waals surface area (Å²) >= 11 is 0. The van der Waals surface area contributed by atoms with Crippen molar-refractivity contribution < 1.29 is 9.59 Å². The van der Waals surface area contributed by atoms with Crippen LogP contribution in [-0.4, -0.2) is 40.0 Å². The second-order valence-electron chi connectivity index (χ2n) is 5.80. The van der Waals surface area contributed by atoms with Crippen molar-refractivity contribution in [3.8, 4) is 0 Å². The van der Waals surface area contributed by atoms with Gasteiger partial charge < -0.3 is 20.1 Å². The fourth-order valence-electron chi connectivity index (χ4n) is 2.48. The highest BCUT2D eigenvalue weighted by molar-refractivity contribution is 5.96. The number of rotatable bonds is 6. The number of aromatic nitrogens is 2. The maximum Gasteiger partial charge on any atom is 0.321 e. The summed E-state index contributed by atoms with van der Waals surface area (Å²) in [6.07, 6.45) is 3.63. The van der Waals surface area contributed by atoms with Gasteiger partial charge in [0.15, 0.2) is 0 Å². The van der Waals surface area contributed by atoms with E-state index in [4.69, 9.17) is 0 Å². The van der Waals surface area contributed by atoms with Crippen LogP contribution in [0.3, 0.4) is 0 Å². The Labute approximate surface area is 148 Å². The van der Waals surface area contributed by atoms with Crippen LogP contribution in [0.4, 0.5) is 10.5 Å². The van der Waals surface area contributed by atoms with E-state index in [1.165, 1.54) is 0 Å². The van der Waals surface area contributed by atoms with Gasteiger partial charge in [-0.2, -0.15) is 0 Å². The fraction of sp³-hybridized carbons (Fsp3) is 0.389. The zero-order chi connectivity index (χ0) is 18.4. The number of imidazole rings is 1. The van der Waals surface area contributed by atoms with E-state index in [0.29, 0.717) is 24.3 Å². The van der Waals surface area contributed by atoms with Crippen molar-refractivity contribution in [1.82, 2.24) is 19.8 Å². The minimum atomic E-state index is -0.223. The molecule has 0 bridgehead atoms. The average molecular weight is 343 g/mol. The van der Waals surface area contributed by atoms with Gasteiger partial charge in [0.25, 0.3) is 5.91 Å². The first-order valence-electron chi connectivity index (χ1n) is 8.37. The minimum Gasteiger partial charge on any atom is -0.352 e. The molecule has 0 aliphatic rings. The topological polar surface area (TPSA) is 79.3 Å². The lowest BCUT2D eigenvalue weighted by Gasteiger charge is -2.19. The van der Waals surface area contributed by atoms with Crippen LogP contribution < -0.4 is 10.6 Å². The highest BCUT2D eigenvalue weighted by Gasteiger charge is 2.14. The van der Waals surface area contributed by atoms with E-state index in [1.807, 2.05) is 31.5 Å². The molecule has 2 N–H and O–H groups in total. The van der Waals surface area contributed by atoms with Crippen LogP contribution in [0.5, 0.6) is 0 Å². The first-order chi connectivity index (χ1) is 12.0. The molecule has 0 aliphatic carbocycles. The summed E-state index contributed by atoms with van der Waals surface area (Å²) in [6, 6.07) is 5.00. The van der Waals surface area contributed by atoms with Crippen LogP contribution in [0.15, 0.2) is 30.6 Å². The maximum atomic E-state index is 12.4. The van der Waals surface area contributed by atoms with Gasteiger partial charge in [0.05, 0.1) is 6.54 Å². The summed E-state index contributed by atoms with van der Waals surface area (Å²) in [6.45, 7) is 7.58. The molecule has 7 nitrogen and oxygen atoms in total. The van der Waals surface area contributed by atoms with Gasteiger partial charge in [0.1, 0.15) is 5.82 Å². The lowest BCUT2D eigenvalue weighted by molar-refractivity contribution is 0.0955. The van der Waals surface area contributed by atoms with E-state index in [2.05, 4.69) is 15.6 Å². The molecule has 0 saturated carbocycles. The molecule has 0 saturated heterocycles. The normalized spacial score (nSPS) is 10.4. The Balaban J connectivity index is 2.03. The van der Waals surface area contributed by atoms with Crippen molar-refractivity contribution >= 4 is 17.6 Å². The molecule has 7 heteroatoms. The van der Waals surface area contributed by atoms with Crippen molar-refractivity contribution in [2.45, 2.75) is 33.9 Å². The number of carbonyl (C=O) groups is 2. The van der Waals surface area contributed by atoms with E-state index in [-0.39, 0.29) is 11.9 Å². The van der Waals surface area contributed by atoms with Crippen LogP contribution in [0.1, 0.15) is 35.6 Å². The smallest absolute Gasteiger partial charge is 0.321 e. The molecular formula is C18H25N5O2. The van der Waals surface area contributed by atoms with E-state index in [9.17, 15) is 9.59 Å². The summed E-state index contributed by atoms with van der Waals surface area (Å²) in [4.78, 5) is 30.1. The Bertz CT molecular complexity index is 754. The standard InChI is InChI=1S/C18H25N5O2/c1-5-19-17(24)14-7-8-15(13(3)11-14)21-18(25)22(4)12-16-20-9-10-23(16)6-2/h7-11H,5-6,12H2,1-4H3,(H,19,24)(H,21,25). The molecule has 3 amide bonds. The monoisotopic (exact) mass is 343 g/mol. The fourth-order valence-corrected chi connectivity index (χ4v) is 2.48. The van der Waals surface area contributed by atoms with E-state index >= 15 is 0 Å². The molecule has 0 fully saturated rings. The molecule has 0 aliphatic heterocycles. The number of benzene rings is 1. The summed E-state index contributed by atoms with van der Waals surface area (Å²) < 4.78 is 2.00. The third-order valence-electron chi connectivity index (χ3n) is 3.94. The first-order valence-corrected chi connectivity index (χ1v) is 8.37. The van der Waals surface area contributed by atoms with E-state index < -0.39 is 0 Å². The van der Waals surface area contributed by atoms with Crippen LogP contribution in [0.25, 0.3) is 0 Å². The first kappa shape index (κ1) is 18.5. The van der Waals surface area contributed by atoms with Gasteiger partial charge in [-0.1, -0.05) is 0 Å². The third-order valence-corrected chi connectivity index (χ3v) is 3.94. The lowest BCUT2D eigenvalue weighted by Crippen LogP contribution is -2.32. The van der Waals surface area contributed by atoms with Gasteiger partial charge in [0, 0.05) is 43.8 Å². The predicted molar refractivity (Wildman–Crippen MR) is 97.6 cm³/mol. The van der Waals surface area contributed by atoms with Crippen LogP contribution in [-0.2, 0) is 13.1 Å². The van der Waals surface area contributed by atoms with Crippen molar-refractivity contribution in [1.29, 1.82) is 0 Å². The highest BCUT2D eigenvalue weighted by atomic mass is 16.2. The zero-order valence-corrected chi connectivity index (χ0v) is 15.2. The molecule has 0 radical (unpaired) electrons. The minimum absolute atomic E-state index is 0.119. The van der Waals surface area contributed by atoms with Gasteiger partial charge in [-0.3, -0.25) is 4.79 Å².